The van der Waals surface area contributed by atoms with Crippen LogP contribution in [0.5, 0.6) is 0 Å². The molecular weight excluding hydrogens is 550 g/mol. The number of fused-ring (bicyclic) bond motifs is 10. The highest BCUT2D eigenvalue weighted by Crippen LogP contribution is 2.45. The summed E-state index contributed by atoms with van der Waals surface area (Å²) >= 11 is 0. The van der Waals surface area contributed by atoms with Crippen molar-refractivity contribution in [3.63, 3.8) is 0 Å². The number of aryl methyl sites for hydroxylation is 2. The van der Waals surface area contributed by atoms with E-state index in [-0.39, 0.29) is 0 Å². The molecule has 9 rings (SSSR count). The van der Waals surface area contributed by atoms with Crippen LogP contribution in [0.4, 0.5) is 0 Å². The van der Waals surface area contributed by atoms with E-state index >= 15 is 0 Å². The Hall–Kier alpha value is -5.87. The molecule has 45 heavy (non-hydrogen) atoms. The lowest BCUT2D eigenvalue weighted by molar-refractivity contribution is 0.673. The summed E-state index contributed by atoms with van der Waals surface area (Å²) in [7, 11) is 0. The molecule has 0 bridgehead atoms. The Morgan fingerprint density at radius 2 is 0.956 bits per heavy atom. The first kappa shape index (κ1) is 25.6. The van der Waals surface area contributed by atoms with E-state index in [1.807, 2.05) is 72.8 Å². The largest absolute Gasteiger partial charge is 0.455 e. The van der Waals surface area contributed by atoms with Crippen molar-refractivity contribution in [2.75, 3.05) is 0 Å². The molecule has 0 radical (unpaired) electrons. The van der Waals surface area contributed by atoms with Gasteiger partial charge in [-0.25, -0.2) is 15.0 Å². The Labute approximate surface area is 259 Å². The van der Waals surface area contributed by atoms with E-state index in [0.29, 0.717) is 17.5 Å². The zero-order valence-electron chi connectivity index (χ0n) is 24.9. The third-order valence-corrected chi connectivity index (χ3v) is 9.00. The van der Waals surface area contributed by atoms with Crippen LogP contribution in [0.3, 0.4) is 0 Å². The molecule has 212 valence electrons. The minimum absolute atomic E-state index is 0.661. The maximum absolute atomic E-state index is 6.56. The molecule has 0 aliphatic carbocycles. The first-order valence-corrected chi connectivity index (χ1v) is 15.2. The summed E-state index contributed by atoms with van der Waals surface area (Å²) in [6.07, 6.45) is 0. The van der Waals surface area contributed by atoms with Crippen molar-refractivity contribution in [3.8, 4) is 34.2 Å². The van der Waals surface area contributed by atoms with E-state index < -0.39 is 0 Å². The normalized spacial score (nSPS) is 11.8. The van der Waals surface area contributed by atoms with Gasteiger partial charge in [-0.2, -0.15) is 0 Å². The van der Waals surface area contributed by atoms with Gasteiger partial charge in [0.15, 0.2) is 17.5 Å². The van der Waals surface area contributed by atoms with Gasteiger partial charge in [-0.3, -0.25) is 0 Å². The summed E-state index contributed by atoms with van der Waals surface area (Å²) in [5, 5.41) is 9.37. The summed E-state index contributed by atoms with van der Waals surface area (Å²) in [5.74, 6) is 2.00. The molecule has 4 heteroatoms. The third-order valence-electron chi connectivity index (χ3n) is 9.00. The van der Waals surface area contributed by atoms with Crippen molar-refractivity contribution in [1.29, 1.82) is 0 Å². The highest BCUT2D eigenvalue weighted by Gasteiger charge is 2.21. The van der Waals surface area contributed by atoms with Crippen LogP contribution in [0.15, 0.2) is 132 Å². The third kappa shape index (κ3) is 3.89. The van der Waals surface area contributed by atoms with E-state index in [1.54, 1.807) is 0 Å². The Kier molecular flexibility index (Phi) is 5.59. The monoisotopic (exact) mass is 577 g/mol. The van der Waals surface area contributed by atoms with Gasteiger partial charge >= 0.3 is 0 Å². The molecule has 0 N–H and O–H groups in total. The Bertz CT molecular complexity index is 2550. The lowest BCUT2D eigenvalue weighted by Crippen LogP contribution is -2.03. The quantitative estimate of drug-likeness (QED) is 0.196. The number of para-hydroxylation sites is 1. The van der Waals surface area contributed by atoms with E-state index in [2.05, 4.69) is 68.4 Å². The van der Waals surface area contributed by atoms with Crippen LogP contribution in [0, 0.1) is 13.8 Å². The first-order chi connectivity index (χ1) is 22.2. The number of aromatic nitrogens is 3. The van der Waals surface area contributed by atoms with E-state index in [1.165, 1.54) is 26.9 Å². The van der Waals surface area contributed by atoms with Crippen molar-refractivity contribution >= 4 is 54.3 Å². The van der Waals surface area contributed by atoms with Crippen LogP contribution in [-0.2, 0) is 0 Å². The Morgan fingerprint density at radius 1 is 0.444 bits per heavy atom. The highest BCUT2D eigenvalue weighted by atomic mass is 16.3. The second-order valence-corrected chi connectivity index (χ2v) is 11.7. The second kappa shape index (κ2) is 9.83. The number of furan rings is 1. The topological polar surface area (TPSA) is 51.8 Å². The Balaban J connectivity index is 1.38. The van der Waals surface area contributed by atoms with Crippen LogP contribution in [0.2, 0.25) is 0 Å². The number of benzene rings is 7. The smallest absolute Gasteiger partial charge is 0.164 e. The van der Waals surface area contributed by atoms with Crippen molar-refractivity contribution in [1.82, 2.24) is 15.0 Å². The van der Waals surface area contributed by atoms with Gasteiger partial charge in [0.25, 0.3) is 0 Å². The molecule has 0 fully saturated rings. The molecule has 0 spiro atoms. The van der Waals surface area contributed by atoms with Gasteiger partial charge in [-0.15, -0.1) is 0 Å². The van der Waals surface area contributed by atoms with Crippen LogP contribution >= 0.6 is 0 Å². The van der Waals surface area contributed by atoms with Gasteiger partial charge in [-0.05, 0) is 64.0 Å². The van der Waals surface area contributed by atoms with Crippen LogP contribution in [-0.4, -0.2) is 15.0 Å². The highest BCUT2D eigenvalue weighted by molar-refractivity contribution is 6.33. The number of rotatable bonds is 3. The summed E-state index contributed by atoms with van der Waals surface area (Å²) in [6, 6.07) is 44.0. The van der Waals surface area contributed by atoms with Crippen LogP contribution in [0.25, 0.3) is 88.4 Å². The van der Waals surface area contributed by atoms with Gasteiger partial charge in [0, 0.05) is 32.8 Å². The van der Waals surface area contributed by atoms with Crippen molar-refractivity contribution in [2.45, 2.75) is 13.8 Å². The maximum atomic E-state index is 6.56. The molecule has 0 unspecified atom stereocenters. The summed E-state index contributed by atoms with van der Waals surface area (Å²) < 4.78 is 6.56. The van der Waals surface area contributed by atoms with Gasteiger partial charge in [-0.1, -0.05) is 115 Å². The molecule has 4 nitrogen and oxygen atoms in total. The molecule has 2 heterocycles. The zero-order chi connectivity index (χ0) is 30.1. The Morgan fingerprint density at radius 3 is 1.62 bits per heavy atom. The molecular formula is C41H27N3O. The van der Waals surface area contributed by atoms with Crippen LogP contribution in [0.1, 0.15) is 11.1 Å². The van der Waals surface area contributed by atoms with Crippen molar-refractivity contribution < 1.29 is 4.42 Å². The molecule has 0 aliphatic heterocycles. The average molecular weight is 578 g/mol. The fourth-order valence-corrected chi connectivity index (χ4v) is 7.01. The molecule has 0 atom stereocenters. The summed E-state index contributed by atoms with van der Waals surface area (Å²) in [4.78, 5) is 15.1. The molecule has 0 amide bonds. The SMILES string of the molecule is Cc1cc2c3ccc4c5ccccc5oc4c3c3ccccc3c2c(C)c1-c1nc(-c2ccccc2)nc(-c2ccccc2)n1. The molecule has 0 aliphatic rings. The lowest BCUT2D eigenvalue weighted by atomic mass is 9.87. The van der Waals surface area contributed by atoms with E-state index in [9.17, 15) is 0 Å². The van der Waals surface area contributed by atoms with Crippen LogP contribution < -0.4 is 0 Å². The summed E-state index contributed by atoms with van der Waals surface area (Å²) in [6.45, 7) is 4.37. The van der Waals surface area contributed by atoms with Gasteiger partial charge < -0.3 is 4.42 Å². The fraction of sp³-hybridized carbons (Fsp3) is 0.0488. The predicted octanol–water partition coefficient (Wildman–Crippen LogP) is 10.8. The second-order valence-electron chi connectivity index (χ2n) is 11.7. The van der Waals surface area contributed by atoms with Crippen molar-refractivity contribution in [3.05, 3.63) is 139 Å². The minimum Gasteiger partial charge on any atom is -0.455 e. The predicted molar refractivity (Wildman–Crippen MR) is 185 cm³/mol. The molecule has 0 saturated carbocycles. The van der Waals surface area contributed by atoms with E-state index in [4.69, 9.17) is 19.4 Å². The zero-order valence-corrected chi connectivity index (χ0v) is 24.9. The fourth-order valence-electron chi connectivity index (χ4n) is 7.01. The number of nitrogens with zero attached hydrogens (tertiary/aromatic N) is 3. The average Bonchev–Trinajstić information content (AvgIpc) is 3.48. The molecule has 7 aromatic carbocycles. The molecule has 9 aromatic rings. The number of hydrogen-bond donors (Lipinski definition) is 0. The molecule has 0 saturated heterocycles. The van der Waals surface area contributed by atoms with Crippen molar-refractivity contribution in [2.24, 2.45) is 0 Å². The lowest BCUT2D eigenvalue weighted by Gasteiger charge is -2.18. The standard InChI is InChI=1S/C41H27N3O/c1-24-23-33-31-21-22-32-28-17-11-12-20-34(28)45-38(32)37(31)30-19-10-9-18-29(30)36(33)25(2)35(24)41-43-39(26-13-5-3-6-14-26)42-40(44-41)27-15-7-4-8-16-27/h3-23H,1-2H3. The molecule has 2 aromatic heterocycles. The number of hydrogen-bond acceptors (Lipinski definition) is 4. The first-order valence-electron chi connectivity index (χ1n) is 15.2. The maximum Gasteiger partial charge on any atom is 0.164 e. The van der Waals surface area contributed by atoms with Gasteiger partial charge in [0.05, 0.1) is 0 Å². The van der Waals surface area contributed by atoms with Gasteiger partial charge in [0.1, 0.15) is 11.2 Å². The van der Waals surface area contributed by atoms with Gasteiger partial charge in [0.2, 0.25) is 0 Å². The minimum atomic E-state index is 0.661. The van der Waals surface area contributed by atoms with E-state index in [0.717, 1.165) is 55.1 Å². The summed E-state index contributed by atoms with van der Waals surface area (Å²) in [5.41, 5.74) is 7.06.